The molecular weight excluding hydrogens is 388 g/mol. The van der Waals surface area contributed by atoms with Crippen LogP contribution < -0.4 is 5.32 Å². The second-order valence-corrected chi connectivity index (χ2v) is 6.91. The quantitative estimate of drug-likeness (QED) is 0.505. The standard InChI is InChI=1S/C18H11ClN4O3S/c19-10-3-4-12-11(8-10)15(16(24)13-2-1-7-27-13)17(25)23(12)18(26)22-14-9-20-5-6-21-14/h1-9,25H,(H,21,22,26). The van der Waals surface area contributed by atoms with Crippen molar-refractivity contribution in [1.29, 1.82) is 0 Å². The van der Waals surface area contributed by atoms with Gasteiger partial charge in [0.1, 0.15) is 0 Å². The number of nitrogens with zero attached hydrogens (tertiary/aromatic N) is 3. The first-order valence-corrected chi connectivity index (χ1v) is 9.00. The average molecular weight is 399 g/mol. The summed E-state index contributed by atoms with van der Waals surface area (Å²) in [6, 6.07) is 7.41. The van der Waals surface area contributed by atoms with Gasteiger partial charge >= 0.3 is 6.03 Å². The Morgan fingerprint density at radius 3 is 2.78 bits per heavy atom. The number of ketones is 1. The molecule has 9 heteroatoms. The molecule has 7 nitrogen and oxygen atoms in total. The minimum absolute atomic E-state index is 0.0178. The number of carbonyl (C=O) groups is 2. The van der Waals surface area contributed by atoms with Gasteiger partial charge in [0.15, 0.2) is 5.82 Å². The van der Waals surface area contributed by atoms with E-state index in [0.717, 1.165) is 4.57 Å². The number of hydrogen-bond donors (Lipinski definition) is 2. The van der Waals surface area contributed by atoms with E-state index >= 15 is 0 Å². The van der Waals surface area contributed by atoms with Gasteiger partial charge in [0.2, 0.25) is 11.7 Å². The predicted molar refractivity (Wildman–Crippen MR) is 103 cm³/mol. The van der Waals surface area contributed by atoms with Crippen LogP contribution in [0.25, 0.3) is 10.9 Å². The topological polar surface area (TPSA) is 97.1 Å². The van der Waals surface area contributed by atoms with Gasteiger partial charge in [0.05, 0.1) is 22.2 Å². The molecule has 0 spiro atoms. The number of fused-ring (bicyclic) bond motifs is 1. The number of hydrogen-bond acceptors (Lipinski definition) is 6. The van der Waals surface area contributed by atoms with Gasteiger partial charge in [-0.25, -0.2) is 14.3 Å². The third-order valence-corrected chi connectivity index (χ3v) is 4.98. The zero-order valence-corrected chi connectivity index (χ0v) is 15.2. The molecule has 0 fully saturated rings. The number of rotatable bonds is 3. The van der Waals surface area contributed by atoms with Gasteiger partial charge in [0.25, 0.3) is 0 Å². The highest BCUT2D eigenvalue weighted by Crippen LogP contribution is 2.35. The molecule has 0 atom stereocenters. The van der Waals surface area contributed by atoms with Crippen LogP contribution in [0.4, 0.5) is 10.6 Å². The van der Waals surface area contributed by atoms with Gasteiger partial charge in [-0.05, 0) is 29.6 Å². The molecule has 0 aliphatic carbocycles. The van der Waals surface area contributed by atoms with Crippen LogP contribution in [-0.4, -0.2) is 31.5 Å². The number of carbonyl (C=O) groups excluding carboxylic acids is 2. The van der Waals surface area contributed by atoms with Crippen LogP contribution in [0.3, 0.4) is 0 Å². The Balaban J connectivity index is 1.87. The number of thiophene rings is 1. The first kappa shape index (κ1) is 17.2. The highest BCUT2D eigenvalue weighted by atomic mass is 35.5. The molecular formula is C18H11ClN4O3S. The SMILES string of the molecule is O=C(c1cccs1)c1c(O)n(C(=O)Nc2cnccn2)c2ccc(Cl)cc12. The third kappa shape index (κ3) is 3.05. The largest absolute Gasteiger partial charge is 0.494 e. The second kappa shape index (κ2) is 6.82. The van der Waals surface area contributed by atoms with E-state index in [2.05, 4.69) is 15.3 Å². The molecule has 2 N–H and O–H groups in total. The summed E-state index contributed by atoms with van der Waals surface area (Å²) in [5.41, 5.74) is 0.363. The van der Waals surface area contributed by atoms with Crippen molar-refractivity contribution in [2.75, 3.05) is 5.32 Å². The molecule has 4 rings (SSSR count). The van der Waals surface area contributed by atoms with Gasteiger partial charge in [0, 0.05) is 22.8 Å². The summed E-state index contributed by atoms with van der Waals surface area (Å²) in [5, 5.41) is 15.8. The molecule has 0 unspecified atom stereocenters. The van der Waals surface area contributed by atoms with E-state index in [0.29, 0.717) is 20.8 Å². The molecule has 1 amide bonds. The maximum absolute atomic E-state index is 12.9. The average Bonchev–Trinajstić information content (AvgIpc) is 3.28. The molecule has 0 aliphatic heterocycles. The molecule has 4 aromatic rings. The molecule has 0 saturated heterocycles. The lowest BCUT2D eigenvalue weighted by molar-refractivity contribution is 0.104. The normalized spacial score (nSPS) is 10.9. The van der Waals surface area contributed by atoms with Crippen molar-refractivity contribution in [3.05, 3.63) is 69.8 Å². The molecule has 0 radical (unpaired) electrons. The molecule has 27 heavy (non-hydrogen) atoms. The highest BCUT2D eigenvalue weighted by Gasteiger charge is 2.27. The predicted octanol–water partition coefficient (Wildman–Crippen LogP) is 4.16. The first-order valence-electron chi connectivity index (χ1n) is 7.75. The van der Waals surface area contributed by atoms with Gasteiger partial charge in [-0.15, -0.1) is 11.3 Å². The molecule has 1 aromatic carbocycles. The number of aromatic hydroxyl groups is 1. The van der Waals surface area contributed by atoms with Crippen LogP contribution in [0, 0.1) is 0 Å². The van der Waals surface area contributed by atoms with Crippen LogP contribution in [0.15, 0.2) is 54.3 Å². The Morgan fingerprint density at radius 2 is 2.07 bits per heavy atom. The summed E-state index contributed by atoms with van der Waals surface area (Å²) in [6.07, 6.45) is 4.27. The van der Waals surface area contributed by atoms with E-state index in [1.54, 1.807) is 35.7 Å². The van der Waals surface area contributed by atoms with Crippen LogP contribution in [0.1, 0.15) is 15.2 Å². The number of nitrogens with one attached hydrogen (secondary N) is 1. The summed E-state index contributed by atoms with van der Waals surface area (Å²) in [5.74, 6) is -0.642. The van der Waals surface area contributed by atoms with Crippen LogP contribution >= 0.6 is 22.9 Å². The summed E-state index contributed by atoms with van der Waals surface area (Å²) in [4.78, 5) is 33.9. The summed E-state index contributed by atoms with van der Waals surface area (Å²) in [6.45, 7) is 0. The fourth-order valence-electron chi connectivity index (χ4n) is 2.74. The van der Waals surface area contributed by atoms with E-state index in [4.69, 9.17) is 11.6 Å². The van der Waals surface area contributed by atoms with Gasteiger partial charge < -0.3 is 5.11 Å². The van der Waals surface area contributed by atoms with Crippen molar-refractivity contribution in [2.24, 2.45) is 0 Å². The Labute approximate surface area is 161 Å². The summed E-state index contributed by atoms with van der Waals surface area (Å²) in [7, 11) is 0. The van der Waals surface area contributed by atoms with Crippen molar-refractivity contribution < 1.29 is 14.7 Å². The van der Waals surface area contributed by atoms with Gasteiger partial charge in [-0.1, -0.05) is 17.7 Å². The Hall–Kier alpha value is -3.23. The van der Waals surface area contributed by atoms with Crippen LogP contribution in [0.2, 0.25) is 5.02 Å². The molecule has 0 aliphatic rings. The maximum Gasteiger partial charge on any atom is 0.334 e. The zero-order chi connectivity index (χ0) is 19.0. The van der Waals surface area contributed by atoms with Crippen molar-refractivity contribution in [1.82, 2.24) is 14.5 Å². The van der Waals surface area contributed by atoms with Crippen LogP contribution in [0.5, 0.6) is 5.88 Å². The van der Waals surface area contributed by atoms with Crippen molar-refractivity contribution in [3.8, 4) is 5.88 Å². The Morgan fingerprint density at radius 1 is 1.22 bits per heavy atom. The summed E-state index contributed by atoms with van der Waals surface area (Å²) < 4.78 is 1.02. The summed E-state index contributed by atoms with van der Waals surface area (Å²) >= 11 is 7.32. The lowest BCUT2D eigenvalue weighted by Gasteiger charge is -2.07. The van der Waals surface area contributed by atoms with Gasteiger partial charge in [-0.3, -0.25) is 15.1 Å². The number of halogens is 1. The Kier molecular flexibility index (Phi) is 4.35. The van der Waals surface area contributed by atoms with E-state index in [1.807, 2.05) is 0 Å². The molecule has 3 aromatic heterocycles. The van der Waals surface area contributed by atoms with E-state index < -0.39 is 11.9 Å². The first-order chi connectivity index (χ1) is 13.1. The van der Waals surface area contributed by atoms with E-state index in [9.17, 15) is 14.7 Å². The van der Waals surface area contributed by atoms with Gasteiger partial charge in [-0.2, -0.15) is 0 Å². The van der Waals surface area contributed by atoms with Crippen molar-refractivity contribution >= 4 is 51.5 Å². The molecule has 3 heterocycles. The molecule has 0 bridgehead atoms. The lowest BCUT2D eigenvalue weighted by atomic mass is 10.1. The highest BCUT2D eigenvalue weighted by molar-refractivity contribution is 7.12. The minimum Gasteiger partial charge on any atom is -0.494 e. The number of benzene rings is 1. The monoisotopic (exact) mass is 398 g/mol. The number of anilines is 1. The number of amides is 1. The lowest BCUT2D eigenvalue weighted by Crippen LogP contribution is -2.19. The van der Waals surface area contributed by atoms with Crippen LogP contribution in [-0.2, 0) is 0 Å². The van der Waals surface area contributed by atoms with E-state index in [1.165, 1.54) is 29.9 Å². The van der Waals surface area contributed by atoms with Crippen molar-refractivity contribution in [2.45, 2.75) is 0 Å². The fraction of sp³-hybridized carbons (Fsp3) is 0. The van der Waals surface area contributed by atoms with Crippen molar-refractivity contribution in [3.63, 3.8) is 0 Å². The van der Waals surface area contributed by atoms with E-state index in [-0.39, 0.29) is 17.2 Å². The zero-order valence-electron chi connectivity index (χ0n) is 13.6. The number of aromatic nitrogens is 3. The molecule has 0 saturated carbocycles. The Bertz CT molecular complexity index is 1160. The second-order valence-electron chi connectivity index (χ2n) is 5.52. The molecule has 134 valence electrons. The third-order valence-electron chi connectivity index (χ3n) is 3.88. The maximum atomic E-state index is 12.9. The fourth-order valence-corrected chi connectivity index (χ4v) is 3.58. The minimum atomic E-state index is -0.675. The smallest absolute Gasteiger partial charge is 0.334 e.